The number of hydrogen-bond donors (Lipinski definition) is 5. The van der Waals surface area contributed by atoms with Gasteiger partial charge in [0.15, 0.2) is 5.82 Å². The molecule has 32 heavy (non-hydrogen) atoms. The molecule has 0 radical (unpaired) electrons. The van der Waals surface area contributed by atoms with Crippen molar-refractivity contribution in [1.29, 1.82) is 0 Å². The normalized spacial score (nSPS) is 13.2. The second kappa shape index (κ2) is 8.77. The summed E-state index contributed by atoms with van der Waals surface area (Å²) >= 11 is 0. The predicted molar refractivity (Wildman–Crippen MR) is 127 cm³/mol. The molecule has 1 saturated carbocycles. The van der Waals surface area contributed by atoms with Gasteiger partial charge in [0.05, 0.1) is 5.69 Å². The number of nitrogens with zero attached hydrogens (tertiary/aromatic N) is 1. The number of benzene rings is 3. The summed E-state index contributed by atoms with van der Waals surface area (Å²) in [6.45, 7) is 2.02. The topological polar surface area (TPSA) is 93.2 Å². The van der Waals surface area contributed by atoms with Crippen molar-refractivity contribution in [2.75, 3.05) is 11.9 Å². The Balaban J connectivity index is 1.22. The Kier molecular flexibility index (Phi) is 5.52. The largest absolute Gasteiger partial charge is 0.508 e. The SMILES string of the molecule is Oc1ccc(-c2ccc(-c3cc(Nc4ccc(CNCC5CC5)cc4)n[nH]3)cc2)c(O)c1. The molecule has 6 heteroatoms. The van der Waals surface area contributed by atoms with Gasteiger partial charge in [-0.1, -0.05) is 36.4 Å². The van der Waals surface area contributed by atoms with Crippen LogP contribution in [0.3, 0.4) is 0 Å². The van der Waals surface area contributed by atoms with Crippen LogP contribution < -0.4 is 10.6 Å². The molecule has 6 nitrogen and oxygen atoms in total. The first-order valence-corrected chi connectivity index (χ1v) is 10.9. The minimum absolute atomic E-state index is 0.0419. The predicted octanol–water partition coefficient (Wildman–Crippen LogP) is 5.40. The average Bonchev–Trinajstić information content (AvgIpc) is 3.51. The number of aromatic nitrogens is 2. The highest BCUT2D eigenvalue weighted by molar-refractivity contribution is 5.74. The van der Waals surface area contributed by atoms with Crippen LogP contribution in [0.15, 0.2) is 72.8 Å². The Hall–Kier alpha value is -3.77. The first-order chi connectivity index (χ1) is 15.6. The monoisotopic (exact) mass is 426 g/mol. The van der Waals surface area contributed by atoms with Crippen LogP contribution in [0.2, 0.25) is 0 Å². The van der Waals surface area contributed by atoms with Crippen molar-refractivity contribution >= 4 is 11.5 Å². The van der Waals surface area contributed by atoms with Gasteiger partial charge < -0.3 is 20.8 Å². The van der Waals surface area contributed by atoms with E-state index < -0.39 is 0 Å². The van der Waals surface area contributed by atoms with Crippen molar-refractivity contribution in [1.82, 2.24) is 15.5 Å². The number of H-pyrrole nitrogens is 1. The Morgan fingerprint density at radius 2 is 1.62 bits per heavy atom. The molecule has 0 unspecified atom stereocenters. The van der Waals surface area contributed by atoms with Gasteiger partial charge in [-0.25, -0.2) is 0 Å². The van der Waals surface area contributed by atoms with Crippen molar-refractivity contribution < 1.29 is 10.2 Å². The molecule has 0 saturated heterocycles. The molecule has 1 fully saturated rings. The highest BCUT2D eigenvalue weighted by Gasteiger charge is 2.20. The fraction of sp³-hybridized carbons (Fsp3) is 0.192. The van der Waals surface area contributed by atoms with Crippen molar-refractivity contribution in [3.05, 3.63) is 78.4 Å². The standard InChI is InChI=1S/C26H26N4O2/c31-22-11-12-23(25(32)13-22)19-5-7-20(8-6-19)24-14-26(30-29-24)28-21-9-3-18(4-10-21)16-27-15-17-1-2-17/h3-14,17,27,31-32H,1-2,15-16H2,(H2,28,29,30). The lowest BCUT2D eigenvalue weighted by Crippen LogP contribution is -2.15. The molecule has 0 atom stereocenters. The van der Waals surface area contributed by atoms with E-state index in [0.717, 1.165) is 47.3 Å². The van der Waals surface area contributed by atoms with Gasteiger partial charge in [0.1, 0.15) is 11.5 Å². The van der Waals surface area contributed by atoms with E-state index in [1.807, 2.05) is 30.3 Å². The second-order valence-corrected chi connectivity index (χ2v) is 8.34. The zero-order chi connectivity index (χ0) is 21.9. The van der Waals surface area contributed by atoms with Crippen LogP contribution in [0.25, 0.3) is 22.4 Å². The molecule has 0 aliphatic heterocycles. The Morgan fingerprint density at radius 1 is 0.875 bits per heavy atom. The summed E-state index contributed by atoms with van der Waals surface area (Å²) in [5.74, 6) is 1.73. The van der Waals surface area contributed by atoms with Crippen LogP contribution in [-0.4, -0.2) is 27.0 Å². The quantitative estimate of drug-likeness (QED) is 0.260. The van der Waals surface area contributed by atoms with Gasteiger partial charge in [0, 0.05) is 29.9 Å². The van der Waals surface area contributed by atoms with Crippen molar-refractivity contribution in [3.63, 3.8) is 0 Å². The minimum atomic E-state index is 0.0419. The van der Waals surface area contributed by atoms with Crippen LogP contribution in [-0.2, 0) is 6.54 Å². The molecular formula is C26H26N4O2. The summed E-state index contributed by atoms with van der Waals surface area (Å²) in [6, 6.07) is 22.8. The molecule has 1 aromatic heterocycles. The zero-order valence-electron chi connectivity index (χ0n) is 17.7. The number of phenols is 2. The van der Waals surface area contributed by atoms with Gasteiger partial charge in [-0.3, -0.25) is 5.10 Å². The lowest BCUT2D eigenvalue weighted by atomic mass is 10.0. The van der Waals surface area contributed by atoms with Gasteiger partial charge >= 0.3 is 0 Å². The van der Waals surface area contributed by atoms with Gasteiger partial charge in [-0.2, -0.15) is 5.10 Å². The summed E-state index contributed by atoms with van der Waals surface area (Å²) in [5, 5.41) is 33.8. The van der Waals surface area contributed by atoms with Crippen molar-refractivity contribution in [2.45, 2.75) is 19.4 Å². The van der Waals surface area contributed by atoms with Crippen molar-refractivity contribution in [3.8, 4) is 33.9 Å². The Morgan fingerprint density at radius 3 is 2.34 bits per heavy atom. The molecule has 0 amide bonds. The third kappa shape index (κ3) is 4.76. The fourth-order valence-electron chi connectivity index (χ4n) is 3.72. The van der Waals surface area contributed by atoms with E-state index in [1.54, 1.807) is 12.1 Å². The summed E-state index contributed by atoms with van der Waals surface area (Å²) in [5.41, 5.74) is 5.70. The number of nitrogens with one attached hydrogen (secondary N) is 3. The molecule has 1 heterocycles. The molecule has 4 aromatic rings. The van der Waals surface area contributed by atoms with Crippen LogP contribution >= 0.6 is 0 Å². The number of hydrogen-bond acceptors (Lipinski definition) is 5. The van der Waals surface area contributed by atoms with Crippen LogP contribution in [0.4, 0.5) is 11.5 Å². The van der Waals surface area contributed by atoms with Gasteiger partial charge in [-0.15, -0.1) is 0 Å². The minimum Gasteiger partial charge on any atom is -0.508 e. The van der Waals surface area contributed by atoms with E-state index in [2.05, 4.69) is 45.1 Å². The zero-order valence-corrected chi connectivity index (χ0v) is 17.7. The van der Waals surface area contributed by atoms with E-state index in [4.69, 9.17) is 0 Å². The number of aromatic amines is 1. The number of rotatable bonds is 8. The van der Waals surface area contributed by atoms with Gasteiger partial charge in [0.25, 0.3) is 0 Å². The summed E-state index contributed by atoms with van der Waals surface area (Å²) in [4.78, 5) is 0. The van der Waals surface area contributed by atoms with E-state index in [0.29, 0.717) is 5.56 Å². The molecule has 3 aromatic carbocycles. The average molecular weight is 427 g/mol. The summed E-state index contributed by atoms with van der Waals surface area (Å²) in [7, 11) is 0. The van der Waals surface area contributed by atoms with E-state index in [9.17, 15) is 10.2 Å². The molecule has 1 aliphatic rings. The fourth-order valence-corrected chi connectivity index (χ4v) is 3.72. The molecule has 5 rings (SSSR count). The summed E-state index contributed by atoms with van der Waals surface area (Å²) < 4.78 is 0. The Labute approximate surface area is 187 Å². The highest BCUT2D eigenvalue weighted by Crippen LogP contribution is 2.33. The second-order valence-electron chi connectivity index (χ2n) is 8.34. The maximum Gasteiger partial charge on any atom is 0.152 e. The van der Waals surface area contributed by atoms with Crippen LogP contribution in [0.1, 0.15) is 18.4 Å². The number of phenolic OH excluding ortho intramolecular Hbond substituents is 2. The number of anilines is 2. The maximum atomic E-state index is 10.1. The molecule has 5 N–H and O–H groups in total. The van der Waals surface area contributed by atoms with Gasteiger partial charge in [0.2, 0.25) is 0 Å². The third-order valence-corrected chi connectivity index (χ3v) is 5.75. The van der Waals surface area contributed by atoms with Gasteiger partial charge in [-0.05, 0) is 66.3 Å². The van der Waals surface area contributed by atoms with E-state index >= 15 is 0 Å². The van der Waals surface area contributed by atoms with E-state index in [-0.39, 0.29) is 11.5 Å². The van der Waals surface area contributed by atoms with Crippen LogP contribution in [0, 0.1) is 5.92 Å². The smallest absolute Gasteiger partial charge is 0.152 e. The van der Waals surface area contributed by atoms with Crippen molar-refractivity contribution in [2.24, 2.45) is 5.92 Å². The highest BCUT2D eigenvalue weighted by atomic mass is 16.3. The third-order valence-electron chi connectivity index (χ3n) is 5.75. The first-order valence-electron chi connectivity index (χ1n) is 10.9. The molecule has 0 spiro atoms. The summed E-state index contributed by atoms with van der Waals surface area (Å²) in [6.07, 6.45) is 2.74. The maximum absolute atomic E-state index is 10.1. The van der Waals surface area contributed by atoms with E-state index in [1.165, 1.54) is 24.5 Å². The van der Waals surface area contributed by atoms with Crippen LogP contribution in [0.5, 0.6) is 11.5 Å². The molecule has 162 valence electrons. The molecular weight excluding hydrogens is 400 g/mol. The molecule has 0 bridgehead atoms. The lowest BCUT2D eigenvalue weighted by molar-refractivity contribution is 0.452. The lowest BCUT2D eigenvalue weighted by Gasteiger charge is -2.07. The first kappa shape index (κ1) is 20.2. The number of aromatic hydroxyl groups is 2. The Bertz CT molecular complexity index is 1200. The molecule has 1 aliphatic carbocycles.